The van der Waals surface area contributed by atoms with Crippen LogP contribution in [0.5, 0.6) is 0 Å². The summed E-state index contributed by atoms with van der Waals surface area (Å²) in [5, 5.41) is 11.9. The van der Waals surface area contributed by atoms with Gasteiger partial charge in [-0.15, -0.1) is 0 Å². The Hall–Kier alpha value is -0.610. The van der Waals surface area contributed by atoms with Gasteiger partial charge in [0.05, 0.1) is 11.7 Å². The summed E-state index contributed by atoms with van der Waals surface area (Å²) in [7, 11) is 0. The highest BCUT2D eigenvalue weighted by atomic mass is 16.5. The fourth-order valence-electron chi connectivity index (χ4n) is 0.915. The SMILES string of the molecule is CCC(O)CCNC(=O)COC(C)(C)C. The Balaban J connectivity index is 3.50. The number of aliphatic hydroxyl groups is 1. The van der Waals surface area contributed by atoms with Gasteiger partial charge in [0.25, 0.3) is 0 Å². The van der Waals surface area contributed by atoms with E-state index in [2.05, 4.69) is 5.32 Å². The van der Waals surface area contributed by atoms with Gasteiger partial charge in [0.2, 0.25) is 5.91 Å². The van der Waals surface area contributed by atoms with Crippen molar-refractivity contribution in [3.8, 4) is 0 Å². The fraction of sp³-hybridized carbons (Fsp3) is 0.909. The van der Waals surface area contributed by atoms with E-state index < -0.39 is 0 Å². The average Bonchev–Trinajstić information content (AvgIpc) is 2.13. The molecule has 15 heavy (non-hydrogen) atoms. The maximum Gasteiger partial charge on any atom is 0.246 e. The largest absolute Gasteiger partial charge is 0.393 e. The summed E-state index contributed by atoms with van der Waals surface area (Å²) in [6, 6.07) is 0. The van der Waals surface area contributed by atoms with Gasteiger partial charge in [-0.2, -0.15) is 0 Å². The second kappa shape index (κ2) is 6.80. The zero-order chi connectivity index (χ0) is 11.9. The highest BCUT2D eigenvalue weighted by molar-refractivity contribution is 5.77. The Kier molecular flexibility index (Phi) is 6.52. The number of ether oxygens (including phenoxy) is 1. The smallest absolute Gasteiger partial charge is 0.246 e. The molecule has 0 fully saturated rings. The molecular formula is C11H23NO3. The fourth-order valence-corrected chi connectivity index (χ4v) is 0.915. The van der Waals surface area contributed by atoms with Crippen LogP contribution in [0.15, 0.2) is 0 Å². The molecule has 2 N–H and O–H groups in total. The van der Waals surface area contributed by atoms with Gasteiger partial charge in [0, 0.05) is 6.54 Å². The molecule has 0 aromatic rings. The van der Waals surface area contributed by atoms with Crippen molar-refractivity contribution in [3.63, 3.8) is 0 Å². The van der Waals surface area contributed by atoms with Crippen LogP contribution in [0.25, 0.3) is 0 Å². The molecule has 0 aromatic heterocycles. The van der Waals surface area contributed by atoms with Crippen molar-refractivity contribution in [2.45, 2.75) is 52.2 Å². The standard InChI is InChI=1S/C11H23NO3/c1-5-9(13)6-7-12-10(14)8-15-11(2,3)4/h9,13H,5-8H2,1-4H3,(H,12,14). The van der Waals surface area contributed by atoms with E-state index in [1.54, 1.807) is 0 Å². The van der Waals surface area contributed by atoms with Crippen molar-refractivity contribution < 1.29 is 14.6 Å². The van der Waals surface area contributed by atoms with Gasteiger partial charge in [-0.25, -0.2) is 0 Å². The summed E-state index contributed by atoms with van der Waals surface area (Å²) in [4.78, 5) is 11.2. The zero-order valence-corrected chi connectivity index (χ0v) is 10.2. The van der Waals surface area contributed by atoms with E-state index in [0.717, 1.165) is 0 Å². The lowest BCUT2D eigenvalue weighted by Crippen LogP contribution is -2.33. The first-order chi connectivity index (χ1) is 6.85. The normalized spacial score (nSPS) is 13.7. The summed E-state index contributed by atoms with van der Waals surface area (Å²) >= 11 is 0. The quantitative estimate of drug-likeness (QED) is 0.700. The number of hydrogen-bond acceptors (Lipinski definition) is 3. The molecule has 1 amide bonds. The molecule has 0 aliphatic carbocycles. The molecule has 0 aliphatic rings. The molecule has 0 rings (SSSR count). The molecule has 0 saturated carbocycles. The lowest BCUT2D eigenvalue weighted by Gasteiger charge is -2.19. The average molecular weight is 217 g/mol. The molecule has 90 valence electrons. The van der Waals surface area contributed by atoms with Crippen molar-refractivity contribution in [3.05, 3.63) is 0 Å². The number of amides is 1. The Labute approximate surface area is 92.0 Å². The maximum atomic E-state index is 11.2. The minimum atomic E-state index is -0.325. The summed E-state index contributed by atoms with van der Waals surface area (Å²) in [5.41, 5.74) is -0.291. The first-order valence-electron chi connectivity index (χ1n) is 5.44. The van der Waals surface area contributed by atoms with Crippen LogP contribution < -0.4 is 5.32 Å². The number of rotatable bonds is 6. The van der Waals surface area contributed by atoms with E-state index in [4.69, 9.17) is 4.74 Å². The van der Waals surface area contributed by atoms with Crippen molar-refractivity contribution >= 4 is 5.91 Å². The van der Waals surface area contributed by atoms with E-state index in [1.165, 1.54) is 0 Å². The third-order valence-electron chi connectivity index (χ3n) is 1.91. The van der Waals surface area contributed by atoms with Crippen LogP contribution in [0.2, 0.25) is 0 Å². The second-order valence-corrected chi connectivity index (χ2v) is 4.60. The molecule has 0 aliphatic heterocycles. The van der Waals surface area contributed by atoms with Crippen LogP contribution in [0, 0.1) is 0 Å². The highest BCUT2D eigenvalue weighted by Gasteiger charge is 2.12. The first kappa shape index (κ1) is 14.4. The molecule has 4 heteroatoms. The Morgan fingerprint density at radius 2 is 2.07 bits per heavy atom. The third kappa shape index (κ3) is 9.69. The molecule has 0 radical (unpaired) electrons. The Bertz CT molecular complexity index is 187. The second-order valence-electron chi connectivity index (χ2n) is 4.60. The van der Waals surface area contributed by atoms with Gasteiger partial charge in [0.15, 0.2) is 0 Å². The number of hydrogen-bond donors (Lipinski definition) is 2. The minimum absolute atomic E-state index is 0.0751. The van der Waals surface area contributed by atoms with E-state index in [0.29, 0.717) is 19.4 Å². The molecule has 0 spiro atoms. The lowest BCUT2D eigenvalue weighted by atomic mass is 10.2. The Morgan fingerprint density at radius 3 is 2.53 bits per heavy atom. The summed E-state index contributed by atoms with van der Waals surface area (Å²) in [6.45, 7) is 8.20. The number of carbonyl (C=O) groups is 1. The van der Waals surface area contributed by atoms with Crippen LogP contribution in [0.1, 0.15) is 40.5 Å². The number of carbonyl (C=O) groups excluding carboxylic acids is 1. The predicted octanol–water partition coefficient (Wildman–Crippen LogP) is 1.08. The van der Waals surface area contributed by atoms with Gasteiger partial charge in [-0.3, -0.25) is 4.79 Å². The molecule has 0 bridgehead atoms. The molecule has 0 heterocycles. The van der Waals surface area contributed by atoms with Crippen LogP contribution in [0.4, 0.5) is 0 Å². The van der Waals surface area contributed by atoms with E-state index in [9.17, 15) is 9.90 Å². The van der Waals surface area contributed by atoms with Gasteiger partial charge in [-0.05, 0) is 33.6 Å². The first-order valence-corrected chi connectivity index (χ1v) is 5.44. The van der Waals surface area contributed by atoms with Crippen LogP contribution in [-0.4, -0.2) is 35.9 Å². The monoisotopic (exact) mass is 217 g/mol. The Morgan fingerprint density at radius 1 is 1.47 bits per heavy atom. The van der Waals surface area contributed by atoms with Gasteiger partial charge in [0.1, 0.15) is 6.61 Å². The zero-order valence-electron chi connectivity index (χ0n) is 10.2. The van der Waals surface area contributed by atoms with Gasteiger partial charge >= 0.3 is 0 Å². The van der Waals surface area contributed by atoms with Crippen molar-refractivity contribution in [1.29, 1.82) is 0 Å². The topological polar surface area (TPSA) is 58.6 Å². The summed E-state index contributed by atoms with van der Waals surface area (Å²) < 4.78 is 5.30. The van der Waals surface area contributed by atoms with Gasteiger partial charge in [-0.1, -0.05) is 6.92 Å². The van der Waals surface area contributed by atoms with E-state index in [-0.39, 0.29) is 24.2 Å². The molecule has 0 saturated heterocycles. The van der Waals surface area contributed by atoms with E-state index in [1.807, 2.05) is 27.7 Å². The number of aliphatic hydroxyl groups excluding tert-OH is 1. The lowest BCUT2D eigenvalue weighted by molar-refractivity contribution is -0.130. The van der Waals surface area contributed by atoms with Crippen LogP contribution in [0.3, 0.4) is 0 Å². The number of nitrogens with one attached hydrogen (secondary N) is 1. The summed E-state index contributed by atoms with van der Waals surface area (Å²) in [6.07, 6.45) is 0.986. The van der Waals surface area contributed by atoms with Crippen molar-refractivity contribution in [2.75, 3.05) is 13.2 Å². The van der Waals surface area contributed by atoms with Gasteiger partial charge < -0.3 is 15.2 Å². The third-order valence-corrected chi connectivity index (χ3v) is 1.91. The van der Waals surface area contributed by atoms with Crippen molar-refractivity contribution in [1.82, 2.24) is 5.32 Å². The van der Waals surface area contributed by atoms with Crippen LogP contribution >= 0.6 is 0 Å². The predicted molar refractivity (Wildman–Crippen MR) is 59.6 cm³/mol. The molecule has 0 aromatic carbocycles. The molecule has 1 atom stereocenters. The van der Waals surface area contributed by atoms with Crippen molar-refractivity contribution in [2.24, 2.45) is 0 Å². The molecule has 1 unspecified atom stereocenters. The maximum absolute atomic E-state index is 11.2. The highest BCUT2D eigenvalue weighted by Crippen LogP contribution is 2.05. The minimum Gasteiger partial charge on any atom is -0.393 e. The molecule has 4 nitrogen and oxygen atoms in total. The van der Waals surface area contributed by atoms with E-state index >= 15 is 0 Å². The molecular weight excluding hydrogens is 194 g/mol. The summed E-state index contributed by atoms with van der Waals surface area (Å²) in [5.74, 6) is -0.131. The van der Waals surface area contributed by atoms with Crippen LogP contribution in [-0.2, 0) is 9.53 Å².